The number of rotatable bonds is 6. The lowest BCUT2D eigenvalue weighted by Crippen LogP contribution is -2.52. The number of hydrogen-bond donors (Lipinski definition) is 2. The Hall–Kier alpha value is -1.39. The summed E-state index contributed by atoms with van der Waals surface area (Å²) in [5.41, 5.74) is -0.437. The molecule has 9 nitrogen and oxygen atoms in total. The molecule has 9 heteroatoms. The quantitative estimate of drug-likeness (QED) is 0.282. The van der Waals surface area contributed by atoms with E-state index in [0.29, 0.717) is 36.5 Å². The lowest BCUT2D eigenvalue weighted by Gasteiger charge is -2.57. The Morgan fingerprint density at radius 2 is 0.887 bits per heavy atom. The molecule has 8 saturated carbocycles. The Balaban J connectivity index is 0.000000158. The van der Waals surface area contributed by atoms with Gasteiger partial charge in [0.25, 0.3) is 0 Å². The first-order valence-corrected chi connectivity index (χ1v) is 26.3. The molecule has 1 amide bonds. The van der Waals surface area contributed by atoms with Gasteiger partial charge in [-0.1, -0.05) is 13.8 Å². The zero-order valence-electron chi connectivity index (χ0n) is 40.1. The number of carbonyl (C=O) groups excluding carboxylic acids is 3. The third-order valence-electron chi connectivity index (χ3n) is 21.4. The molecule has 2 heterocycles. The van der Waals surface area contributed by atoms with E-state index >= 15 is 0 Å². The van der Waals surface area contributed by atoms with Gasteiger partial charge >= 0.3 is 0 Å². The number of Topliss-reactive ketones (excluding diaryl/α,β-unsaturated/α-hetero) is 2. The summed E-state index contributed by atoms with van der Waals surface area (Å²) >= 11 is 0. The fourth-order valence-corrected chi connectivity index (χ4v) is 18.1. The van der Waals surface area contributed by atoms with E-state index in [9.17, 15) is 24.6 Å². The van der Waals surface area contributed by atoms with Crippen molar-refractivity contribution in [3.05, 3.63) is 0 Å². The normalized spacial score (nSPS) is 48.3. The summed E-state index contributed by atoms with van der Waals surface area (Å²) in [6, 6.07) is 0. The summed E-state index contributed by atoms with van der Waals surface area (Å²) in [5, 5.41) is 21.2. The molecule has 2 saturated heterocycles. The minimum Gasteiger partial charge on any atom is -0.390 e. The summed E-state index contributed by atoms with van der Waals surface area (Å²) in [5.74, 6) is 9.62. The lowest BCUT2D eigenvalue weighted by atomic mass is 9.49. The van der Waals surface area contributed by atoms with Crippen molar-refractivity contribution in [3.8, 4) is 0 Å². The minimum atomic E-state index is -0.446. The third kappa shape index (κ3) is 8.81. The molecule has 0 aromatic rings. The van der Waals surface area contributed by atoms with E-state index in [1.54, 1.807) is 6.92 Å². The van der Waals surface area contributed by atoms with Crippen LogP contribution in [0.25, 0.3) is 0 Å². The Kier molecular flexibility index (Phi) is 13.0. The van der Waals surface area contributed by atoms with Gasteiger partial charge in [0.05, 0.1) is 24.3 Å². The third-order valence-corrected chi connectivity index (χ3v) is 21.4. The van der Waals surface area contributed by atoms with Gasteiger partial charge in [0, 0.05) is 71.1 Å². The fourth-order valence-electron chi connectivity index (χ4n) is 18.1. The molecule has 2 N–H and O–H groups in total. The van der Waals surface area contributed by atoms with Crippen molar-refractivity contribution in [1.82, 2.24) is 19.6 Å². The van der Waals surface area contributed by atoms with E-state index in [1.165, 1.54) is 77.0 Å². The standard InChI is InChI=1S/C27H44N2O3.C26H44N2O2/c1-18(30)29-14-12-28(13-15-29)17-25(31)24-7-6-23-22-5-4-19-16-26(2,32)10-8-20(19)21(22)9-11-27(23,24)3;1-25(30)10-8-19-18(16-25)4-5-21-20(19)9-11-26(2)22(21)6-7-23(26)24(29)17-28-14-12-27(3)13-15-28/h19-24,32H,4-17H2,1-3H3;18-23,30H,4-17H2,1-3H3/t19-,20+,21-,22-,23+,24-,26-,27+;18-,19-,20+,21+,22-,23+,25+,26-/m10/s1. The molecule has 0 aromatic heterocycles. The van der Waals surface area contributed by atoms with Crippen molar-refractivity contribution in [2.75, 3.05) is 72.5 Å². The van der Waals surface area contributed by atoms with Crippen molar-refractivity contribution < 1.29 is 24.6 Å². The summed E-state index contributed by atoms with van der Waals surface area (Å²) in [6.45, 7) is 19.4. The maximum Gasteiger partial charge on any atom is 0.219 e. The van der Waals surface area contributed by atoms with Crippen LogP contribution >= 0.6 is 0 Å². The molecule has 8 aliphatic carbocycles. The molecular formula is C53H88N4O5. The van der Waals surface area contributed by atoms with Crippen LogP contribution in [-0.2, 0) is 14.4 Å². The summed E-state index contributed by atoms with van der Waals surface area (Å²) < 4.78 is 0. The number of aliphatic hydroxyl groups is 2. The fraction of sp³-hybridized carbons (Fsp3) is 0.943. The SMILES string of the molecule is CC(=O)N1CCN(CC(=O)[C@H]2CC[C@H]3[C@@H]4CC[C@@H]5C[C@](C)(O)CC[C@@H]5[C@H]4CC[C@]23C)CC1.CN1CCN(CC(=O)[C@H]2CC[C@H]3[C@@H]4CC[C@H]5C[C@](C)(O)CC[C@@H]5[C@H]4CC[C@]23C)CC1. The second kappa shape index (κ2) is 17.7. The van der Waals surface area contributed by atoms with E-state index < -0.39 is 11.2 Å². The van der Waals surface area contributed by atoms with Gasteiger partial charge < -0.3 is 20.0 Å². The van der Waals surface area contributed by atoms with Crippen molar-refractivity contribution in [2.45, 2.75) is 161 Å². The highest BCUT2D eigenvalue weighted by atomic mass is 16.3. The number of carbonyl (C=O) groups is 3. The molecule has 10 rings (SSSR count). The molecule has 0 unspecified atom stereocenters. The Labute approximate surface area is 376 Å². The van der Waals surface area contributed by atoms with Crippen molar-refractivity contribution in [1.29, 1.82) is 0 Å². The van der Waals surface area contributed by atoms with E-state index in [1.807, 2.05) is 11.8 Å². The average molecular weight is 861 g/mol. The molecule has 0 radical (unpaired) electrons. The van der Waals surface area contributed by atoms with E-state index in [2.05, 4.69) is 42.5 Å². The molecule has 0 bridgehead atoms. The highest BCUT2D eigenvalue weighted by Crippen LogP contribution is 2.66. The predicted molar refractivity (Wildman–Crippen MR) is 245 cm³/mol. The molecule has 62 heavy (non-hydrogen) atoms. The number of nitrogens with zero attached hydrogens (tertiary/aromatic N) is 4. The number of amides is 1. The van der Waals surface area contributed by atoms with Crippen molar-refractivity contribution >= 4 is 17.5 Å². The second-order valence-corrected chi connectivity index (χ2v) is 25.0. The number of piperazine rings is 2. The van der Waals surface area contributed by atoms with Gasteiger partial charge in [-0.25, -0.2) is 0 Å². The topological polar surface area (TPSA) is 105 Å². The predicted octanol–water partition coefficient (Wildman–Crippen LogP) is 7.56. The summed E-state index contributed by atoms with van der Waals surface area (Å²) in [6.07, 6.45) is 21.5. The van der Waals surface area contributed by atoms with Crippen LogP contribution in [0.2, 0.25) is 0 Å². The Bertz CT molecular complexity index is 1630. The molecule has 16 atom stereocenters. The van der Waals surface area contributed by atoms with Crippen LogP contribution in [0.15, 0.2) is 0 Å². The van der Waals surface area contributed by atoms with Gasteiger partial charge in [-0.05, 0) is 206 Å². The molecule has 10 aliphatic rings. The Morgan fingerprint density at radius 1 is 0.484 bits per heavy atom. The number of ketones is 2. The molecule has 10 fully saturated rings. The van der Waals surface area contributed by atoms with Gasteiger partial charge in [-0.15, -0.1) is 0 Å². The largest absolute Gasteiger partial charge is 0.390 e. The van der Waals surface area contributed by atoms with Crippen LogP contribution in [-0.4, -0.2) is 131 Å². The first-order chi connectivity index (χ1) is 29.4. The number of likely N-dealkylation sites (N-methyl/N-ethyl adjacent to an activating group) is 1. The van der Waals surface area contributed by atoms with Gasteiger partial charge in [-0.2, -0.15) is 0 Å². The first-order valence-electron chi connectivity index (χ1n) is 26.3. The van der Waals surface area contributed by atoms with Crippen LogP contribution in [0.1, 0.15) is 150 Å². The monoisotopic (exact) mass is 861 g/mol. The number of hydrogen-bond acceptors (Lipinski definition) is 8. The average Bonchev–Trinajstić information content (AvgIpc) is 3.78. The highest BCUT2D eigenvalue weighted by molar-refractivity contribution is 5.84. The number of fused-ring (bicyclic) bond motifs is 10. The van der Waals surface area contributed by atoms with Crippen molar-refractivity contribution in [3.63, 3.8) is 0 Å². The smallest absolute Gasteiger partial charge is 0.219 e. The minimum absolute atomic E-state index is 0.148. The second-order valence-electron chi connectivity index (χ2n) is 25.0. The highest BCUT2D eigenvalue weighted by Gasteiger charge is 2.60. The van der Waals surface area contributed by atoms with E-state index in [0.717, 1.165) is 144 Å². The van der Waals surface area contributed by atoms with Crippen LogP contribution in [0, 0.1) is 81.8 Å². The van der Waals surface area contributed by atoms with Crippen LogP contribution in [0.3, 0.4) is 0 Å². The van der Waals surface area contributed by atoms with Crippen LogP contribution in [0.4, 0.5) is 0 Å². The maximum absolute atomic E-state index is 13.5. The van der Waals surface area contributed by atoms with E-state index in [-0.39, 0.29) is 22.7 Å². The molecule has 350 valence electrons. The first kappa shape index (κ1) is 45.8. The summed E-state index contributed by atoms with van der Waals surface area (Å²) in [7, 11) is 2.18. The molecular weight excluding hydrogens is 773 g/mol. The summed E-state index contributed by atoms with van der Waals surface area (Å²) in [4.78, 5) is 47.5. The van der Waals surface area contributed by atoms with Gasteiger partial charge in [0.1, 0.15) is 11.6 Å². The van der Waals surface area contributed by atoms with Crippen LogP contribution in [0.5, 0.6) is 0 Å². The van der Waals surface area contributed by atoms with Crippen molar-refractivity contribution in [2.24, 2.45) is 81.8 Å². The molecule has 0 aromatic carbocycles. The molecule has 2 aliphatic heterocycles. The zero-order chi connectivity index (χ0) is 43.8. The Morgan fingerprint density at radius 3 is 1.31 bits per heavy atom. The lowest BCUT2D eigenvalue weighted by molar-refractivity contribution is -0.135. The zero-order valence-corrected chi connectivity index (χ0v) is 40.1. The van der Waals surface area contributed by atoms with E-state index in [4.69, 9.17) is 0 Å². The molecule has 0 spiro atoms. The van der Waals surface area contributed by atoms with Gasteiger partial charge in [0.2, 0.25) is 5.91 Å². The van der Waals surface area contributed by atoms with Gasteiger partial charge in [-0.3, -0.25) is 24.2 Å². The van der Waals surface area contributed by atoms with Crippen LogP contribution < -0.4 is 0 Å². The maximum atomic E-state index is 13.5. The van der Waals surface area contributed by atoms with Gasteiger partial charge in [0.15, 0.2) is 0 Å².